The van der Waals surface area contributed by atoms with Crippen LogP contribution < -0.4 is 0 Å². The Labute approximate surface area is 122 Å². The van der Waals surface area contributed by atoms with Gasteiger partial charge in [0.1, 0.15) is 4.90 Å². The minimum absolute atomic E-state index is 0.148. The average Bonchev–Trinajstić information content (AvgIpc) is 2.72. The highest BCUT2D eigenvalue weighted by atomic mass is 79.9. The minimum Gasteiger partial charge on any atom is -0.274 e. The predicted octanol–water partition coefficient (Wildman–Crippen LogP) is 2.79. The summed E-state index contributed by atoms with van der Waals surface area (Å²) in [5.74, 6) is -0.149. The molecule has 2 rings (SSSR count). The highest BCUT2D eigenvalue weighted by molar-refractivity contribution is 9.10. The van der Waals surface area contributed by atoms with Crippen LogP contribution in [0.5, 0.6) is 0 Å². The van der Waals surface area contributed by atoms with Gasteiger partial charge in [-0.25, -0.2) is 12.7 Å². The second kappa shape index (κ2) is 5.63. The third-order valence-corrected chi connectivity index (χ3v) is 6.07. The molecule has 4 nitrogen and oxygen atoms in total. The van der Waals surface area contributed by atoms with E-state index in [4.69, 9.17) is 0 Å². The molecule has 0 radical (unpaired) electrons. The van der Waals surface area contributed by atoms with Gasteiger partial charge in [-0.05, 0) is 40.4 Å². The lowest BCUT2D eigenvalue weighted by Crippen LogP contribution is -2.32. The van der Waals surface area contributed by atoms with Gasteiger partial charge in [-0.15, -0.1) is 0 Å². The van der Waals surface area contributed by atoms with Gasteiger partial charge in [0, 0.05) is 17.4 Å². The van der Waals surface area contributed by atoms with Crippen LogP contribution in [0.15, 0.2) is 33.6 Å². The van der Waals surface area contributed by atoms with Crippen LogP contribution in [0.1, 0.15) is 26.2 Å². The van der Waals surface area contributed by atoms with Crippen molar-refractivity contribution in [2.75, 3.05) is 6.54 Å². The Hall–Kier alpha value is -0.880. The molecule has 1 unspecified atom stereocenters. The first-order chi connectivity index (χ1) is 8.96. The Morgan fingerprint density at radius 3 is 2.68 bits per heavy atom. The van der Waals surface area contributed by atoms with Gasteiger partial charge in [-0.1, -0.05) is 25.5 Å². The van der Waals surface area contributed by atoms with Gasteiger partial charge < -0.3 is 0 Å². The monoisotopic (exact) mass is 345 g/mol. The van der Waals surface area contributed by atoms with Crippen molar-refractivity contribution in [1.29, 1.82) is 0 Å². The Morgan fingerprint density at radius 2 is 2.05 bits per heavy atom. The Balaban J connectivity index is 2.31. The smallest absolute Gasteiger partial charge is 0.267 e. The molecule has 1 atom stereocenters. The van der Waals surface area contributed by atoms with Gasteiger partial charge >= 0.3 is 0 Å². The number of carbonyl (C=O) groups is 1. The number of sulfonamides is 1. The van der Waals surface area contributed by atoms with Gasteiger partial charge in [-0.3, -0.25) is 4.79 Å². The third kappa shape index (κ3) is 2.84. The van der Waals surface area contributed by atoms with Crippen LogP contribution in [0, 0.1) is 5.92 Å². The van der Waals surface area contributed by atoms with Crippen molar-refractivity contribution < 1.29 is 13.2 Å². The van der Waals surface area contributed by atoms with Crippen molar-refractivity contribution in [3.05, 3.63) is 28.7 Å². The summed E-state index contributed by atoms with van der Waals surface area (Å²) in [6.45, 7) is 2.34. The van der Waals surface area contributed by atoms with Crippen LogP contribution >= 0.6 is 15.9 Å². The Morgan fingerprint density at radius 1 is 1.37 bits per heavy atom. The molecule has 0 saturated carbocycles. The van der Waals surface area contributed by atoms with Gasteiger partial charge in [-0.2, -0.15) is 0 Å². The maximum atomic E-state index is 12.5. The second-order valence-corrected chi connectivity index (χ2v) is 7.40. The molecule has 1 saturated heterocycles. The van der Waals surface area contributed by atoms with Crippen molar-refractivity contribution in [2.24, 2.45) is 5.92 Å². The number of hydrogen-bond acceptors (Lipinski definition) is 3. The number of carbonyl (C=O) groups excluding carboxylic acids is 1. The van der Waals surface area contributed by atoms with Crippen molar-refractivity contribution in [1.82, 2.24) is 4.31 Å². The first-order valence-electron chi connectivity index (χ1n) is 6.27. The van der Waals surface area contributed by atoms with Gasteiger partial charge in [0.15, 0.2) is 0 Å². The summed E-state index contributed by atoms with van der Waals surface area (Å²) in [5, 5.41) is 0. The highest BCUT2D eigenvalue weighted by Gasteiger charge is 2.38. The molecule has 104 valence electrons. The second-order valence-electron chi connectivity index (χ2n) is 4.72. The van der Waals surface area contributed by atoms with Crippen molar-refractivity contribution in [3.8, 4) is 0 Å². The molecule has 1 fully saturated rings. The summed E-state index contributed by atoms with van der Waals surface area (Å²) in [6.07, 6.45) is 2.17. The summed E-state index contributed by atoms with van der Waals surface area (Å²) in [6, 6.07) is 6.58. The molecule has 0 spiro atoms. The average molecular weight is 346 g/mol. The molecule has 1 aliphatic rings. The largest absolute Gasteiger partial charge is 0.274 e. The highest BCUT2D eigenvalue weighted by Crippen LogP contribution is 2.30. The molecule has 1 heterocycles. The Kier molecular flexibility index (Phi) is 4.30. The third-order valence-electron chi connectivity index (χ3n) is 3.27. The molecular formula is C13H16BrNO3S. The maximum Gasteiger partial charge on any atom is 0.267 e. The van der Waals surface area contributed by atoms with E-state index in [1.54, 1.807) is 18.2 Å². The molecule has 6 heteroatoms. The van der Waals surface area contributed by atoms with Crippen molar-refractivity contribution in [2.45, 2.75) is 31.1 Å². The minimum atomic E-state index is -3.73. The van der Waals surface area contributed by atoms with Crippen LogP contribution in [0.2, 0.25) is 0 Å². The Bertz CT molecular complexity index is 585. The van der Waals surface area contributed by atoms with E-state index in [9.17, 15) is 13.2 Å². The summed E-state index contributed by atoms with van der Waals surface area (Å²) in [4.78, 5) is 12.1. The fourth-order valence-electron chi connectivity index (χ4n) is 2.36. The number of rotatable bonds is 4. The van der Waals surface area contributed by atoms with Crippen LogP contribution in [0.25, 0.3) is 0 Å². The fraction of sp³-hybridized carbons (Fsp3) is 0.462. The predicted molar refractivity (Wildman–Crippen MR) is 76.1 cm³/mol. The fourth-order valence-corrected chi connectivity index (χ4v) is 4.81. The van der Waals surface area contributed by atoms with Gasteiger partial charge in [0.05, 0.1) is 0 Å². The lowest BCUT2D eigenvalue weighted by molar-refractivity contribution is -0.123. The van der Waals surface area contributed by atoms with Crippen molar-refractivity contribution >= 4 is 31.9 Å². The zero-order chi connectivity index (χ0) is 14.0. The molecular weight excluding hydrogens is 330 g/mol. The van der Waals surface area contributed by atoms with E-state index in [-0.39, 0.29) is 16.7 Å². The molecule has 1 amide bonds. The summed E-state index contributed by atoms with van der Waals surface area (Å²) in [7, 11) is -3.73. The van der Waals surface area contributed by atoms with E-state index in [2.05, 4.69) is 15.9 Å². The molecule has 1 aromatic carbocycles. The van der Waals surface area contributed by atoms with Crippen LogP contribution in [0.4, 0.5) is 0 Å². The maximum absolute atomic E-state index is 12.5. The van der Waals surface area contributed by atoms with E-state index in [0.29, 0.717) is 17.4 Å². The standard InChI is InChI=1S/C13H16BrNO3S/c1-2-5-10-8-13(16)15(9-10)19(17,18)12-7-4-3-6-11(12)14/h3-4,6-7,10H,2,5,8-9H2,1H3. The summed E-state index contributed by atoms with van der Waals surface area (Å²) in [5.41, 5.74) is 0. The normalized spacial score (nSPS) is 20.0. The molecule has 1 aliphatic heterocycles. The SMILES string of the molecule is CCCC1CC(=O)N(S(=O)(=O)c2ccccc2Br)C1. The van der Waals surface area contributed by atoms with E-state index in [1.807, 2.05) is 6.92 Å². The number of nitrogens with zero attached hydrogens (tertiary/aromatic N) is 1. The first-order valence-corrected chi connectivity index (χ1v) is 8.50. The summed E-state index contributed by atoms with van der Waals surface area (Å²) >= 11 is 3.23. The topological polar surface area (TPSA) is 54.5 Å². The lowest BCUT2D eigenvalue weighted by atomic mass is 10.0. The van der Waals surface area contributed by atoms with E-state index in [0.717, 1.165) is 17.1 Å². The first kappa shape index (κ1) is 14.5. The van der Waals surface area contributed by atoms with E-state index in [1.165, 1.54) is 6.07 Å². The molecule has 0 N–H and O–H groups in total. The zero-order valence-electron chi connectivity index (χ0n) is 10.7. The van der Waals surface area contributed by atoms with Crippen LogP contribution in [-0.4, -0.2) is 25.2 Å². The van der Waals surface area contributed by atoms with Gasteiger partial charge in [0.2, 0.25) is 5.91 Å². The van der Waals surface area contributed by atoms with E-state index >= 15 is 0 Å². The van der Waals surface area contributed by atoms with E-state index < -0.39 is 10.0 Å². The quantitative estimate of drug-likeness (QED) is 0.842. The number of halogens is 1. The molecule has 1 aromatic rings. The van der Waals surface area contributed by atoms with Crippen molar-refractivity contribution in [3.63, 3.8) is 0 Å². The lowest BCUT2D eigenvalue weighted by Gasteiger charge is -2.17. The zero-order valence-corrected chi connectivity index (χ0v) is 13.1. The van der Waals surface area contributed by atoms with Crippen LogP contribution in [-0.2, 0) is 14.8 Å². The molecule has 0 bridgehead atoms. The number of hydrogen-bond donors (Lipinski definition) is 0. The van der Waals surface area contributed by atoms with Crippen LogP contribution in [0.3, 0.4) is 0 Å². The number of benzene rings is 1. The molecule has 19 heavy (non-hydrogen) atoms. The van der Waals surface area contributed by atoms with Gasteiger partial charge in [0.25, 0.3) is 10.0 Å². The molecule has 0 aliphatic carbocycles. The molecule has 0 aromatic heterocycles. The summed E-state index contributed by atoms with van der Waals surface area (Å²) < 4.78 is 26.5. The number of amides is 1.